The molecule has 2 N–H and O–H groups in total. The lowest BCUT2D eigenvalue weighted by Gasteiger charge is -2.40. The summed E-state index contributed by atoms with van der Waals surface area (Å²) < 4.78 is 29.8. The molecule has 2 rings (SSSR count). The third kappa shape index (κ3) is 8.31. The number of aliphatic imine (C=N–C) groups is 1. The fourth-order valence-corrected chi connectivity index (χ4v) is 4.26. The first-order valence-corrected chi connectivity index (χ1v) is 11.6. The predicted octanol–water partition coefficient (Wildman–Crippen LogP) is 1.78. The quantitative estimate of drug-likeness (QED) is 0.393. The van der Waals surface area contributed by atoms with Gasteiger partial charge in [0.2, 0.25) is 0 Å². The number of nitrogens with one attached hydrogen (secondary N) is 2. The van der Waals surface area contributed by atoms with E-state index in [0.717, 1.165) is 5.56 Å². The molecule has 0 aliphatic carbocycles. The van der Waals surface area contributed by atoms with Crippen LogP contribution in [0.25, 0.3) is 0 Å². The van der Waals surface area contributed by atoms with Crippen molar-refractivity contribution >= 4 is 21.9 Å². The summed E-state index contributed by atoms with van der Waals surface area (Å²) in [6.45, 7) is 7.10. The molecule has 0 unspecified atom stereocenters. The third-order valence-electron chi connectivity index (χ3n) is 4.25. The lowest BCUT2D eigenvalue weighted by atomic mass is 10.1. The van der Waals surface area contributed by atoms with Crippen LogP contribution in [-0.4, -0.2) is 69.4 Å². The van der Waals surface area contributed by atoms with Gasteiger partial charge in [-0.05, 0) is 32.8 Å². The molecule has 1 heterocycles. The summed E-state index contributed by atoms with van der Waals surface area (Å²) >= 11 is 0. The van der Waals surface area contributed by atoms with E-state index in [-0.39, 0.29) is 23.6 Å². The van der Waals surface area contributed by atoms with Crippen molar-refractivity contribution in [3.8, 4) is 0 Å². The predicted molar refractivity (Wildman–Crippen MR) is 115 cm³/mol. The van der Waals surface area contributed by atoms with Gasteiger partial charge in [0.1, 0.15) is 5.60 Å². The molecule has 0 spiro atoms. The molecule has 1 amide bonds. The van der Waals surface area contributed by atoms with Crippen LogP contribution in [0.1, 0.15) is 32.8 Å². The van der Waals surface area contributed by atoms with E-state index in [1.807, 2.05) is 51.1 Å². The van der Waals surface area contributed by atoms with Crippen molar-refractivity contribution in [1.82, 2.24) is 15.5 Å². The number of sulfone groups is 1. The number of hydrogen-bond donors (Lipinski definition) is 2. The van der Waals surface area contributed by atoms with Gasteiger partial charge in [-0.3, -0.25) is 4.99 Å². The highest BCUT2D eigenvalue weighted by Crippen LogP contribution is 2.15. The Balaban J connectivity index is 1.65. The molecule has 8 nitrogen and oxygen atoms in total. The summed E-state index contributed by atoms with van der Waals surface area (Å²) in [5.41, 5.74) is 0.297. The Labute approximate surface area is 173 Å². The van der Waals surface area contributed by atoms with Gasteiger partial charge in [-0.1, -0.05) is 30.3 Å². The van der Waals surface area contributed by atoms with Crippen molar-refractivity contribution in [3.63, 3.8) is 0 Å². The van der Waals surface area contributed by atoms with E-state index >= 15 is 0 Å². The van der Waals surface area contributed by atoms with Crippen LogP contribution in [0.3, 0.4) is 0 Å². The Morgan fingerprint density at radius 1 is 1.24 bits per heavy atom. The second kappa shape index (κ2) is 9.96. The number of guanidine groups is 1. The minimum Gasteiger partial charge on any atom is -0.444 e. The van der Waals surface area contributed by atoms with E-state index in [4.69, 9.17) is 4.74 Å². The molecule has 1 aromatic carbocycles. The fourth-order valence-electron chi connectivity index (χ4n) is 2.83. The Morgan fingerprint density at radius 3 is 2.48 bits per heavy atom. The van der Waals surface area contributed by atoms with E-state index in [1.54, 1.807) is 11.9 Å². The van der Waals surface area contributed by atoms with Crippen LogP contribution in [-0.2, 0) is 20.3 Å². The van der Waals surface area contributed by atoms with Gasteiger partial charge >= 0.3 is 6.09 Å². The SMILES string of the molecule is CN=C(NCCCS(=O)(=O)Cc1ccccc1)NC1CN(C(=O)OC(C)(C)C)C1. The van der Waals surface area contributed by atoms with Crippen LogP contribution in [0.2, 0.25) is 0 Å². The van der Waals surface area contributed by atoms with Crippen molar-refractivity contribution in [1.29, 1.82) is 0 Å². The maximum Gasteiger partial charge on any atom is 0.410 e. The summed E-state index contributed by atoms with van der Waals surface area (Å²) in [6, 6.07) is 9.28. The maximum atomic E-state index is 12.2. The summed E-state index contributed by atoms with van der Waals surface area (Å²) in [4.78, 5) is 17.7. The number of amides is 1. The van der Waals surface area contributed by atoms with E-state index in [1.165, 1.54) is 0 Å². The van der Waals surface area contributed by atoms with Crippen molar-refractivity contribution in [2.45, 2.75) is 44.6 Å². The second-order valence-electron chi connectivity index (χ2n) is 8.16. The average molecular weight is 425 g/mol. The minimum atomic E-state index is -3.15. The van der Waals surface area contributed by atoms with Crippen molar-refractivity contribution in [3.05, 3.63) is 35.9 Å². The van der Waals surface area contributed by atoms with Crippen molar-refractivity contribution < 1.29 is 17.9 Å². The Morgan fingerprint density at radius 2 is 1.90 bits per heavy atom. The number of nitrogens with zero attached hydrogens (tertiary/aromatic N) is 2. The van der Waals surface area contributed by atoms with Crippen molar-refractivity contribution in [2.24, 2.45) is 4.99 Å². The maximum absolute atomic E-state index is 12.2. The summed E-state index contributed by atoms with van der Waals surface area (Å²) in [7, 11) is -1.49. The molecule has 0 atom stereocenters. The Bertz CT molecular complexity index is 798. The Hall–Kier alpha value is -2.29. The summed E-state index contributed by atoms with van der Waals surface area (Å²) in [5, 5.41) is 6.36. The molecular formula is C20H32N4O4S. The Kier molecular flexibility index (Phi) is 7.89. The van der Waals surface area contributed by atoms with Gasteiger partial charge in [-0.15, -0.1) is 0 Å². The topological polar surface area (TPSA) is 100 Å². The highest BCUT2D eigenvalue weighted by Gasteiger charge is 2.34. The lowest BCUT2D eigenvalue weighted by molar-refractivity contribution is 0.00701. The van der Waals surface area contributed by atoms with Crippen LogP contribution >= 0.6 is 0 Å². The van der Waals surface area contributed by atoms with Crippen LogP contribution in [0.4, 0.5) is 4.79 Å². The highest BCUT2D eigenvalue weighted by molar-refractivity contribution is 7.90. The largest absolute Gasteiger partial charge is 0.444 e. The van der Waals surface area contributed by atoms with Crippen LogP contribution in [0, 0.1) is 0 Å². The molecule has 0 radical (unpaired) electrons. The van der Waals surface area contributed by atoms with Crippen LogP contribution in [0.15, 0.2) is 35.3 Å². The molecule has 9 heteroatoms. The molecule has 1 fully saturated rings. The zero-order valence-corrected chi connectivity index (χ0v) is 18.5. The summed E-state index contributed by atoms with van der Waals surface area (Å²) in [6.07, 6.45) is 0.173. The van der Waals surface area contributed by atoms with Gasteiger partial charge in [0.15, 0.2) is 15.8 Å². The minimum absolute atomic E-state index is 0.0589. The zero-order valence-electron chi connectivity index (χ0n) is 17.6. The van der Waals surface area contributed by atoms with Crippen LogP contribution < -0.4 is 10.6 Å². The van der Waals surface area contributed by atoms with Gasteiger partial charge in [0.05, 0.1) is 17.5 Å². The number of likely N-dealkylation sites (tertiary alicyclic amines) is 1. The first kappa shape index (κ1) is 23.0. The van der Waals surface area contributed by atoms with E-state index in [2.05, 4.69) is 15.6 Å². The lowest BCUT2D eigenvalue weighted by Crippen LogP contribution is -2.63. The first-order chi connectivity index (χ1) is 13.6. The van der Waals surface area contributed by atoms with Gasteiger partial charge in [0.25, 0.3) is 0 Å². The van der Waals surface area contributed by atoms with Gasteiger partial charge in [-0.25, -0.2) is 13.2 Å². The number of benzene rings is 1. The molecule has 1 aliphatic rings. The number of hydrogen-bond acceptors (Lipinski definition) is 5. The normalized spacial score (nSPS) is 15.6. The van der Waals surface area contributed by atoms with Crippen LogP contribution in [0.5, 0.6) is 0 Å². The average Bonchev–Trinajstić information content (AvgIpc) is 2.58. The summed E-state index contributed by atoms with van der Waals surface area (Å²) in [5.74, 6) is 0.768. The monoisotopic (exact) mass is 424 g/mol. The zero-order chi connectivity index (χ0) is 21.5. The van der Waals surface area contributed by atoms with Gasteiger partial charge in [0, 0.05) is 26.7 Å². The van der Waals surface area contributed by atoms with E-state index in [0.29, 0.717) is 32.0 Å². The second-order valence-corrected chi connectivity index (χ2v) is 10.3. The molecular weight excluding hydrogens is 392 g/mol. The smallest absolute Gasteiger partial charge is 0.410 e. The molecule has 0 aromatic heterocycles. The van der Waals surface area contributed by atoms with Crippen molar-refractivity contribution in [2.75, 3.05) is 32.4 Å². The molecule has 0 saturated carbocycles. The number of rotatable bonds is 7. The third-order valence-corrected chi connectivity index (χ3v) is 5.94. The van der Waals surface area contributed by atoms with E-state index in [9.17, 15) is 13.2 Å². The molecule has 29 heavy (non-hydrogen) atoms. The van der Waals surface area contributed by atoms with Gasteiger partial charge < -0.3 is 20.3 Å². The fraction of sp³-hybridized carbons (Fsp3) is 0.600. The highest BCUT2D eigenvalue weighted by atomic mass is 32.2. The standard InChI is InChI=1S/C20H32N4O4S/c1-20(2,3)28-19(25)24-13-17(14-24)23-18(21-4)22-11-8-12-29(26,27)15-16-9-6-5-7-10-16/h5-7,9-10,17H,8,11-15H2,1-4H3,(H2,21,22,23). The molecule has 1 aliphatic heterocycles. The first-order valence-electron chi connectivity index (χ1n) is 9.77. The molecule has 0 bridgehead atoms. The number of carbonyl (C=O) groups excluding carboxylic acids is 1. The number of ether oxygens (including phenoxy) is 1. The molecule has 162 valence electrons. The van der Waals surface area contributed by atoms with Gasteiger partial charge in [-0.2, -0.15) is 0 Å². The van der Waals surface area contributed by atoms with E-state index < -0.39 is 15.4 Å². The molecule has 1 saturated heterocycles. The number of carbonyl (C=O) groups is 1. The molecule has 1 aromatic rings.